The van der Waals surface area contributed by atoms with Gasteiger partial charge in [0.1, 0.15) is 6.10 Å². The minimum absolute atomic E-state index is 0.0978. The molecule has 0 bridgehead atoms. The van der Waals surface area contributed by atoms with Crippen LogP contribution in [0.4, 0.5) is 5.69 Å². The summed E-state index contributed by atoms with van der Waals surface area (Å²) in [4.78, 5) is 34.5. The van der Waals surface area contributed by atoms with Crippen LogP contribution < -0.4 is 10.6 Å². The van der Waals surface area contributed by atoms with Crippen molar-refractivity contribution in [1.82, 2.24) is 5.32 Å². The largest absolute Gasteiger partial charge is 0.481 e. The average molecular weight is 334 g/mol. The first kappa shape index (κ1) is 17.9. The number of ether oxygens (including phenoxy) is 1. The molecule has 130 valence electrons. The molecule has 1 fully saturated rings. The monoisotopic (exact) mass is 334 g/mol. The van der Waals surface area contributed by atoms with E-state index in [1.54, 1.807) is 24.3 Å². The predicted molar refractivity (Wildman–Crippen MR) is 87.9 cm³/mol. The van der Waals surface area contributed by atoms with E-state index >= 15 is 0 Å². The molecule has 1 heterocycles. The van der Waals surface area contributed by atoms with E-state index in [9.17, 15) is 14.4 Å². The highest BCUT2D eigenvalue weighted by molar-refractivity contribution is 5.98. The van der Waals surface area contributed by atoms with Gasteiger partial charge in [0.15, 0.2) is 0 Å². The maximum atomic E-state index is 12.1. The fourth-order valence-electron chi connectivity index (χ4n) is 2.45. The number of hydrogen-bond donors (Lipinski definition) is 3. The molecule has 1 aromatic carbocycles. The van der Waals surface area contributed by atoms with E-state index in [4.69, 9.17) is 9.84 Å². The highest BCUT2D eigenvalue weighted by Gasteiger charge is 2.23. The van der Waals surface area contributed by atoms with E-state index in [-0.39, 0.29) is 18.2 Å². The lowest BCUT2D eigenvalue weighted by Crippen LogP contribution is -2.27. The second kappa shape index (κ2) is 9.02. The summed E-state index contributed by atoms with van der Waals surface area (Å²) in [7, 11) is 0. The van der Waals surface area contributed by atoms with E-state index in [2.05, 4.69) is 10.6 Å². The molecule has 7 nitrogen and oxygen atoms in total. The SMILES string of the molecule is O=C(O)CCCCNC(=O)c1cccc(NC(=O)C2CCCO2)c1. The molecule has 7 heteroatoms. The van der Waals surface area contributed by atoms with Crippen molar-refractivity contribution in [2.45, 2.75) is 38.2 Å². The Kier molecular flexibility index (Phi) is 6.74. The van der Waals surface area contributed by atoms with Crippen LogP contribution in [0.15, 0.2) is 24.3 Å². The van der Waals surface area contributed by atoms with Crippen molar-refractivity contribution in [1.29, 1.82) is 0 Å². The Morgan fingerprint density at radius 3 is 2.79 bits per heavy atom. The van der Waals surface area contributed by atoms with E-state index in [1.807, 2.05) is 0 Å². The zero-order chi connectivity index (χ0) is 17.4. The van der Waals surface area contributed by atoms with Crippen LogP contribution in [0.1, 0.15) is 42.5 Å². The summed E-state index contributed by atoms with van der Waals surface area (Å²) in [6, 6.07) is 6.69. The quantitative estimate of drug-likeness (QED) is 0.629. The third-order valence-electron chi connectivity index (χ3n) is 3.72. The Morgan fingerprint density at radius 1 is 1.25 bits per heavy atom. The summed E-state index contributed by atoms with van der Waals surface area (Å²) in [6.45, 7) is 1.01. The summed E-state index contributed by atoms with van der Waals surface area (Å²) in [5.41, 5.74) is 0.993. The van der Waals surface area contributed by atoms with Gasteiger partial charge in [0, 0.05) is 30.8 Å². The Bertz CT molecular complexity index is 596. The zero-order valence-corrected chi connectivity index (χ0v) is 13.4. The molecule has 2 amide bonds. The van der Waals surface area contributed by atoms with Crippen molar-refractivity contribution in [3.63, 3.8) is 0 Å². The molecule has 0 aromatic heterocycles. The smallest absolute Gasteiger partial charge is 0.303 e. The third-order valence-corrected chi connectivity index (χ3v) is 3.72. The first-order valence-corrected chi connectivity index (χ1v) is 8.09. The summed E-state index contributed by atoms with van der Waals surface area (Å²) >= 11 is 0. The lowest BCUT2D eigenvalue weighted by atomic mass is 10.1. The molecular formula is C17H22N2O5. The van der Waals surface area contributed by atoms with Gasteiger partial charge in [-0.3, -0.25) is 14.4 Å². The van der Waals surface area contributed by atoms with Gasteiger partial charge in [0.05, 0.1) is 0 Å². The van der Waals surface area contributed by atoms with Gasteiger partial charge in [-0.2, -0.15) is 0 Å². The minimum atomic E-state index is -0.837. The van der Waals surface area contributed by atoms with E-state index in [0.717, 1.165) is 6.42 Å². The molecule has 0 spiro atoms. The topological polar surface area (TPSA) is 105 Å². The van der Waals surface area contributed by atoms with Crippen molar-refractivity contribution in [3.8, 4) is 0 Å². The Labute approximate surface area is 140 Å². The number of carbonyl (C=O) groups excluding carboxylic acids is 2. The van der Waals surface area contributed by atoms with Gasteiger partial charge < -0.3 is 20.5 Å². The predicted octanol–water partition coefficient (Wildman–Crippen LogP) is 1.79. The molecular weight excluding hydrogens is 312 g/mol. The normalized spacial score (nSPS) is 16.6. The van der Waals surface area contributed by atoms with Gasteiger partial charge in [-0.15, -0.1) is 0 Å². The fourth-order valence-corrected chi connectivity index (χ4v) is 2.45. The molecule has 3 N–H and O–H groups in total. The van der Waals surface area contributed by atoms with Crippen LogP contribution >= 0.6 is 0 Å². The van der Waals surface area contributed by atoms with Crippen LogP contribution in [0.25, 0.3) is 0 Å². The number of nitrogens with one attached hydrogen (secondary N) is 2. The fraction of sp³-hybridized carbons (Fsp3) is 0.471. The molecule has 1 aliphatic heterocycles. The van der Waals surface area contributed by atoms with Crippen LogP contribution in [0.2, 0.25) is 0 Å². The van der Waals surface area contributed by atoms with Crippen LogP contribution in [0.5, 0.6) is 0 Å². The van der Waals surface area contributed by atoms with Crippen LogP contribution in [-0.2, 0) is 14.3 Å². The summed E-state index contributed by atoms with van der Waals surface area (Å²) in [5, 5.41) is 14.0. The number of rotatable bonds is 8. The number of anilines is 1. The summed E-state index contributed by atoms with van der Waals surface area (Å²) in [5.74, 6) is -1.28. The first-order chi connectivity index (χ1) is 11.6. The van der Waals surface area contributed by atoms with Crippen molar-refractivity contribution in [2.75, 3.05) is 18.5 Å². The van der Waals surface area contributed by atoms with Crippen molar-refractivity contribution >= 4 is 23.5 Å². The van der Waals surface area contributed by atoms with Crippen LogP contribution in [0.3, 0.4) is 0 Å². The van der Waals surface area contributed by atoms with Gasteiger partial charge in [0.2, 0.25) is 0 Å². The molecule has 1 unspecified atom stereocenters. The Balaban J connectivity index is 1.81. The van der Waals surface area contributed by atoms with Crippen molar-refractivity contribution < 1.29 is 24.2 Å². The molecule has 1 atom stereocenters. The van der Waals surface area contributed by atoms with Crippen LogP contribution in [0, 0.1) is 0 Å². The highest BCUT2D eigenvalue weighted by atomic mass is 16.5. The van der Waals surface area contributed by atoms with Crippen LogP contribution in [-0.4, -0.2) is 42.1 Å². The molecule has 24 heavy (non-hydrogen) atoms. The van der Waals surface area contributed by atoms with Gasteiger partial charge in [-0.1, -0.05) is 6.07 Å². The number of unbranched alkanes of at least 4 members (excludes halogenated alkanes) is 1. The summed E-state index contributed by atoms with van der Waals surface area (Å²) < 4.78 is 5.32. The average Bonchev–Trinajstić information content (AvgIpc) is 3.09. The zero-order valence-electron chi connectivity index (χ0n) is 13.4. The lowest BCUT2D eigenvalue weighted by Gasteiger charge is -2.11. The number of carboxylic acids is 1. The number of hydrogen-bond acceptors (Lipinski definition) is 4. The van der Waals surface area contributed by atoms with Crippen molar-refractivity contribution in [2.24, 2.45) is 0 Å². The maximum Gasteiger partial charge on any atom is 0.303 e. The van der Waals surface area contributed by atoms with Gasteiger partial charge in [0.25, 0.3) is 11.8 Å². The van der Waals surface area contributed by atoms with Gasteiger partial charge in [-0.05, 0) is 43.9 Å². The Morgan fingerprint density at radius 2 is 2.08 bits per heavy atom. The lowest BCUT2D eigenvalue weighted by molar-refractivity contribution is -0.137. The summed E-state index contributed by atoms with van der Waals surface area (Å²) in [6.07, 6.45) is 2.39. The molecule has 1 saturated heterocycles. The third kappa shape index (κ3) is 5.66. The number of benzene rings is 1. The van der Waals surface area contributed by atoms with Gasteiger partial charge >= 0.3 is 5.97 Å². The highest BCUT2D eigenvalue weighted by Crippen LogP contribution is 2.16. The number of aliphatic carboxylic acids is 1. The molecule has 1 aliphatic rings. The first-order valence-electron chi connectivity index (χ1n) is 8.09. The molecule has 0 aliphatic carbocycles. The second-order valence-electron chi connectivity index (χ2n) is 5.68. The molecule has 2 rings (SSSR count). The standard InChI is InChI=1S/C17H22N2O5/c20-15(21)8-1-2-9-18-16(22)12-5-3-6-13(11-12)19-17(23)14-7-4-10-24-14/h3,5-6,11,14H,1-2,4,7-10H2,(H,18,22)(H,19,23)(H,20,21). The molecule has 0 saturated carbocycles. The Hall–Kier alpha value is -2.41. The molecule has 0 radical (unpaired) electrons. The van der Waals surface area contributed by atoms with E-state index in [0.29, 0.717) is 43.7 Å². The number of carbonyl (C=O) groups is 3. The minimum Gasteiger partial charge on any atom is -0.481 e. The van der Waals surface area contributed by atoms with E-state index in [1.165, 1.54) is 0 Å². The maximum absolute atomic E-state index is 12.1. The molecule has 1 aromatic rings. The van der Waals surface area contributed by atoms with Gasteiger partial charge in [-0.25, -0.2) is 0 Å². The van der Waals surface area contributed by atoms with Crippen molar-refractivity contribution in [3.05, 3.63) is 29.8 Å². The second-order valence-corrected chi connectivity index (χ2v) is 5.68. The van der Waals surface area contributed by atoms with E-state index < -0.39 is 12.1 Å². The number of amides is 2. The number of carboxylic acid groups (broad SMARTS) is 1.